The van der Waals surface area contributed by atoms with Crippen LogP contribution in [0.5, 0.6) is 5.75 Å². The third kappa shape index (κ3) is 2.43. The number of benzene rings is 2. The number of fused-ring (bicyclic) bond motifs is 2. The van der Waals surface area contributed by atoms with Crippen molar-refractivity contribution in [3.63, 3.8) is 0 Å². The molecule has 0 saturated carbocycles. The van der Waals surface area contributed by atoms with E-state index < -0.39 is 0 Å². The van der Waals surface area contributed by atoms with Gasteiger partial charge in [-0.3, -0.25) is 0 Å². The zero-order valence-electron chi connectivity index (χ0n) is 12.7. The van der Waals surface area contributed by atoms with E-state index in [0.717, 1.165) is 34.2 Å². The molecule has 0 aliphatic heterocycles. The topological polar surface area (TPSA) is 27.1 Å². The van der Waals surface area contributed by atoms with Gasteiger partial charge in [0.15, 0.2) is 0 Å². The fraction of sp³-hybridized carbons (Fsp3) is 0.105. The summed E-state index contributed by atoms with van der Waals surface area (Å²) in [6, 6.07) is 18.1. The Bertz CT molecular complexity index is 993. The molecule has 0 radical (unpaired) electrons. The molecule has 0 atom stereocenters. The number of pyridine rings is 1. The highest BCUT2D eigenvalue weighted by Crippen LogP contribution is 2.34. The Morgan fingerprint density at radius 2 is 1.87 bits per heavy atom. The van der Waals surface area contributed by atoms with Gasteiger partial charge in [-0.05, 0) is 29.8 Å². The molecule has 0 aliphatic carbocycles. The molecule has 0 spiro atoms. The summed E-state index contributed by atoms with van der Waals surface area (Å²) in [6.45, 7) is 0.770. The number of aromatic nitrogens is 2. The van der Waals surface area contributed by atoms with Crippen LogP contribution >= 0.6 is 11.6 Å². The molecule has 114 valence electrons. The van der Waals surface area contributed by atoms with Crippen LogP contribution in [0.1, 0.15) is 5.56 Å². The molecule has 0 unspecified atom stereocenters. The summed E-state index contributed by atoms with van der Waals surface area (Å²) in [4.78, 5) is 4.80. The molecule has 23 heavy (non-hydrogen) atoms. The second kappa shape index (κ2) is 5.60. The van der Waals surface area contributed by atoms with Gasteiger partial charge >= 0.3 is 0 Å². The fourth-order valence-electron chi connectivity index (χ4n) is 2.94. The van der Waals surface area contributed by atoms with Gasteiger partial charge in [0.1, 0.15) is 11.4 Å². The van der Waals surface area contributed by atoms with Crippen molar-refractivity contribution in [1.82, 2.24) is 9.55 Å². The Morgan fingerprint density at radius 3 is 2.65 bits per heavy atom. The largest absolute Gasteiger partial charge is 0.495 e. The van der Waals surface area contributed by atoms with Crippen LogP contribution in [-0.2, 0) is 6.54 Å². The lowest BCUT2D eigenvalue weighted by molar-refractivity contribution is 0.424. The Kier molecular flexibility index (Phi) is 3.43. The molecule has 2 heterocycles. The molecule has 4 heteroatoms. The van der Waals surface area contributed by atoms with E-state index in [1.165, 1.54) is 5.56 Å². The minimum absolute atomic E-state index is 0.674. The van der Waals surface area contributed by atoms with Gasteiger partial charge in [0.25, 0.3) is 0 Å². The van der Waals surface area contributed by atoms with Gasteiger partial charge in [0.05, 0.1) is 18.0 Å². The Hall–Kier alpha value is -2.52. The first-order valence-electron chi connectivity index (χ1n) is 7.42. The second-order valence-electron chi connectivity index (χ2n) is 5.47. The van der Waals surface area contributed by atoms with Crippen molar-refractivity contribution in [1.29, 1.82) is 0 Å². The molecular formula is C19H15ClN2O. The van der Waals surface area contributed by atoms with Gasteiger partial charge in [0.2, 0.25) is 0 Å². The molecule has 4 rings (SSSR count). The summed E-state index contributed by atoms with van der Waals surface area (Å²) in [5.74, 6) is 0.841. The van der Waals surface area contributed by atoms with Crippen molar-refractivity contribution in [2.24, 2.45) is 0 Å². The van der Waals surface area contributed by atoms with Gasteiger partial charge in [-0.25, -0.2) is 4.98 Å². The van der Waals surface area contributed by atoms with E-state index in [0.29, 0.717) is 5.02 Å². The average molecular weight is 323 g/mol. The number of ether oxygens (including phenoxy) is 1. The van der Waals surface area contributed by atoms with Crippen LogP contribution in [0, 0.1) is 0 Å². The number of rotatable bonds is 3. The van der Waals surface area contributed by atoms with E-state index in [-0.39, 0.29) is 0 Å². The first-order valence-corrected chi connectivity index (χ1v) is 7.80. The standard InChI is InChI=1S/C19H15ClN2O/c1-23-18-15-8-7-14(20)11-17(15)21-19-16(18)9-10-22(19)12-13-5-3-2-4-6-13/h2-11H,12H2,1H3. The predicted molar refractivity (Wildman–Crippen MR) is 94.3 cm³/mol. The molecule has 2 aromatic carbocycles. The Balaban J connectivity index is 1.94. The lowest BCUT2D eigenvalue weighted by Crippen LogP contribution is -2.00. The molecule has 0 saturated heterocycles. The van der Waals surface area contributed by atoms with Crippen molar-refractivity contribution < 1.29 is 4.74 Å². The minimum Gasteiger partial charge on any atom is -0.495 e. The summed E-state index contributed by atoms with van der Waals surface area (Å²) >= 11 is 6.12. The lowest BCUT2D eigenvalue weighted by atomic mass is 10.1. The zero-order valence-corrected chi connectivity index (χ0v) is 13.4. The van der Waals surface area contributed by atoms with E-state index in [1.54, 1.807) is 7.11 Å². The number of methoxy groups -OCH3 is 1. The average Bonchev–Trinajstić information content (AvgIpc) is 2.96. The SMILES string of the molecule is COc1c2ccc(Cl)cc2nc2c1ccn2Cc1ccccc1. The maximum atomic E-state index is 6.12. The maximum absolute atomic E-state index is 6.12. The highest BCUT2D eigenvalue weighted by atomic mass is 35.5. The summed E-state index contributed by atoms with van der Waals surface area (Å²) in [5.41, 5.74) is 2.98. The molecule has 0 aliphatic rings. The number of hydrogen-bond acceptors (Lipinski definition) is 2. The van der Waals surface area contributed by atoms with E-state index in [1.807, 2.05) is 42.6 Å². The second-order valence-corrected chi connectivity index (χ2v) is 5.91. The summed E-state index contributed by atoms with van der Waals surface area (Å²) in [6.07, 6.45) is 2.05. The number of halogens is 1. The van der Waals surface area contributed by atoms with Crippen LogP contribution < -0.4 is 4.74 Å². The molecule has 3 nitrogen and oxygen atoms in total. The molecule has 0 bridgehead atoms. The minimum atomic E-state index is 0.674. The van der Waals surface area contributed by atoms with Crippen LogP contribution in [0.2, 0.25) is 5.02 Å². The first-order chi connectivity index (χ1) is 11.3. The predicted octanol–water partition coefficient (Wildman–Crippen LogP) is 4.90. The van der Waals surface area contributed by atoms with E-state index in [9.17, 15) is 0 Å². The highest BCUT2D eigenvalue weighted by Gasteiger charge is 2.13. The zero-order chi connectivity index (χ0) is 15.8. The number of hydrogen-bond donors (Lipinski definition) is 0. The van der Waals surface area contributed by atoms with Crippen molar-refractivity contribution >= 4 is 33.5 Å². The third-order valence-corrected chi connectivity index (χ3v) is 4.24. The van der Waals surface area contributed by atoms with Crippen molar-refractivity contribution in [3.8, 4) is 5.75 Å². The van der Waals surface area contributed by atoms with Crippen molar-refractivity contribution in [3.05, 3.63) is 71.4 Å². The highest BCUT2D eigenvalue weighted by molar-refractivity contribution is 6.31. The van der Waals surface area contributed by atoms with Gasteiger partial charge in [0, 0.05) is 23.2 Å². The van der Waals surface area contributed by atoms with Gasteiger partial charge < -0.3 is 9.30 Å². The van der Waals surface area contributed by atoms with Gasteiger partial charge in [-0.15, -0.1) is 0 Å². The Morgan fingerprint density at radius 1 is 1.04 bits per heavy atom. The number of nitrogens with zero attached hydrogens (tertiary/aromatic N) is 2. The van der Waals surface area contributed by atoms with E-state index in [4.69, 9.17) is 21.3 Å². The monoisotopic (exact) mass is 322 g/mol. The molecule has 2 aromatic heterocycles. The van der Waals surface area contributed by atoms with Crippen LogP contribution in [0.3, 0.4) is 0 Å². The molecule has 0 N–H and O–H groups in total. The summed E-state index contributed by atoms with van der Waals surface area (Å²) in [5, 5.41) is 2.66. The van der Waals surface area contributed by atoms with Gasteiger partial charge in [-0.1, -0.05) is 41.9 Å². The van der Waals surface area contributed by atoms with Crippen LogP contribution in [0.15, 0.2) is 60.8 Å². The Labute approximate surface area is 139 Å². The molecular weight excluding hydrogens is 308 g/mol. The van der Waals surface area contributed by atoms with Crippen LogP contribution in [0.4, 0.5) is 0 Å². The smallest absolute Gasteiger partial charge is 0.144 e. The normalized spacial score (nSPS) is 11.2. The summed E-state index contributed by atoms with van der Waals surface area (Å²) < 4.78 is 7.78. The van der Waals surface area contributed by atoms with Crippen LogP contribution in [-0.4, -0.2) is 16.7 Å². The van der Waals surface area contributed by atoms with Crippen LogP contribution in [0.25, 0.3) is 21.9 Å². The quantitative estimate of drug-likeness (QED) is 0.536. The molecule has 0 amide bonds. The van der Waals surface area contributed by atoms with E-state index >= 15 is 0 Å². The third-order valence-electron chi connectivity index (χ3n) is 4.01. The van der Waals surface area contributed by atoms with Crippen molar-refractivity contribution in [2.75, 3.05) is 7.11 Å². The van der Waals surface area contributed by atoms with Crippen molar-refractivity contribution in [2.45, 2.75) is 6.54 Å². The lowest BCUT2D eigenvalue weighted by Gasteiger charge is -2.10. The molecule has 4 aromatic rings. The van der Waals surface area contributed by atoms with Gasteiger partial charge in [-0.2, -0.15) is 0 Å². The maximum Gasteiger partial charge on any atom is 0.144 e. The molecule has 0 fully saturated rings. The van der Waals surface area contributed by atoms with E-state index in [2.05, 4.69) is 22.8 Å². The fourth-order valence-corrected chi connectivity index (χ4v) is 3.11. The summed E-state index contributed by atoms with van der Waals surface area (Å²) in [7, 11) is 1.69. The first kappa shape index (κ1) is 14.1.